The summed E-state index contributed by atoms with van der Waals surface area (Å²) in [7, 11) is 0. The van der Waals surface area contributed by atoms with E-state index in [1.54, 1.807) is 18.2 Å². The van der Waals surface area contributed by atoms with E-state index < -0.39 is 0 Å². The summed E-state index contributed by atoms with van der Waals surface area (Å²) in [5.41, 5.74) is 12.8. The van der Waals surface area contributed by atoms with Gasteiger partial charge in [-0.3, -0.25) is 4.79 Å². The Kier molecular flexibility index (Phi) is 3.97. The van der Waals surface area contributed by atoms with Crippen molar-refractivity contribution in [3.05, 3.63) is 29.8 Å². The fourth-order valence-electron chi connectivity index (χ4n) is 2.32. The maximum atomic E-state index is 12.0. The van der Waals surface area contributed by atoms with Gasteiger partial charge in [-0.05, 0) is 25.0 Å². The Balaban J connectivity index is 2.09. The number of nitrogens with zero attached hydrogens (tertiary/aromatic N) is 1. The summed E-state index contributed by atoms with van der Waals surface area (Å²) in [6, 6.07) is 7.12. The average Bonchev–Trinajstić information content (AvgIpc) is 2.39. The van der Waals surface area contributed by atoms with Gasteiger partial charge in [0.05, 0.1) is 0 Å². The minimum Gasteiger partial charge on any atom is -0.399 e. The number of nitrogens with two attached hydrogens (primary N) is 2. The van der Waals surface area contributed by atoms with Crippen LogP contribution in [0, 0.1) is 5.92 Å². The lowest BCUT2D eigenvalue weighted by Gasteiger charge is -2.18. The molecule has 0 aromatic heterocycles. The van der Waals surface area contributed by atoms with Crippen LogP contribution in [0.15, 0.2) is 29.3 Å². The van der Waals surface area contributed by atoms with Crippen LogP contribution in [0.1, 0.15) is 37.7 Å². The van der Waals surface area contributed by atoms with Gasteiger partial charge in [-0.15, -0.1) is 0 Å². The fraction of sp³-hybridized carbons (Fsp3) is 0.429. The lowest BCUT2D eigenvalue weighted by atomic mass is 9.89. The summed E-state index contributed by atoms with van der Waals surface area (Å²) in [4.78, 5) is 16.0. The largest absolute Gasteiger partial charge is 0.399 e. The number of rotatable bonds is 2. The van der Waals surface area contributed by atoms with E-state index in [1.807, 2.05) is 6.07 Å². The first kappa shape index (κ1) is 12.6. The van der Waals surface area contributed by atoms with Crippen LogP contribution in [0.2, 0.25) is 0 Å². The van der Waals surface area contributed by atoms with Crippen molar-refractivity contribution in [1.82, 2.24) is 0 Å². The molecule has 1 aliphatic carbocycles. The van der Waals surface area contributed by atoms with Gasteiger partial charge in [-0.25, -0.2) is 0 Å². The Bertz CT molecular complexity index is 462. The Hall–Kier alpha value is -1.84. The van der Waals surface area contributed by atoms with Crippen LogP contribution >= 0.6 is 0 Å². The number of carbonyl (C=O) groups excluding carboxylic acids is 1. The molecule has 4 heteroatoms. The summed E-state index contributed by atoms with van der Waals surface area (Å²) in [6.07, 6.45) is 5.32. The number of benzene rings is 1. The molecule has 1 aromatic rings. The maximum absolute atomic E-state index is 12.0. The Labute approximate surface area is 107 Å². The second-order valence-corrected chi connectivity index (χ2v) is 4.80. The van der Waals surface area contributed by atoms with Crippen molar-refractivity contribution in [2.75, 3.05) is 5.73 Å². The van der Waals surface area contributed by atoms with Gasteiger partial charge in [0, 0.05) is 17.2 Å². The highest BCUT2D eigenvalue weighted by molar-refractivity contribution is 6.04. The van der Waals surface area contributed by atoms with E-state index in [9.17, 15) is 4.79 Å². The molecular formula is C14H19N3O. The van der Waals surface area contributed by atoms with E-state index in [1.165, 1.54) is 6.42 Å². The van der Waals surface area contributed by atoms with E-state index >= 15 is 0 Å². The first-order chi connectivity index (χ1) is 8.66. The third-order valence-corrected chi connectivity index (χ3v) is 3.37. The third kappa shape index (κ3) is 3.09. The number of nitrogen functional groups attached to an aromatic ring is 1. The summed E-state index contributed by atoms with van der Waals surface area (Å²) < 4.78 is 0. The minimum absolute atomic E-state index is 0.0540. The predicted octanol–water partition coefficient (Wildman–Crippen LogP) is 2.08. The van der Waals surface area contributed by atoms with Gasteiger partial charge >= 0.3 is 0 Å². The van der Waals surface area contributed by atoms with Crippen molar-refractivity contribution in [2.45, 2.75) is 32.1 Å². The molecule has 4 nitrogen and oxygen atoms in total. The molecule has 4 N–H and O–H groups in total. The molecule has 1 aliphatic rings. The molecule has 1 saturated carbocycles. The first-order valence-corrected chi connectivity index (χ1v) is 6.41. The van der Waals surface area contributed by atoms with Crippen molar-refractivity contribution in [3.8, 4) is 0 Å². The number of carbonyl (C=O) groups is 1. The third-order valence-electron chi connectivity index (χ3n) is 3.37. The molecule has 0 radical (unpaired) electrons. The van der Waals surface area contributed by atoms with Gasteiger partial charge in [0.2, 0.25) is 0 Å². The highest BCUT2D eigenvalue weighted by Crippen LogP contribution is 2.24. The highest BCUT2D eigenvalue weighted by Gasteiger charge is 2.20. The van der Waals surface area contributed by atoms with Crippen molar-refractivity contribution in [1.29, 1.82) is 0 Å². The van der Waals surface area contributed by atoms with E-state index in [4.69, 9.17) is 11.5 Å². The number of hydrogen-bond donors (Lipinski definition) is 2. The van der Waals surface area contributed by atoms with Crippen molar-refractivity contribution in [3.63, 3.8) is 0 Å². The number of amidine groups is 1. The van der Waals surface area contributed by atoms with E-state index in [0.717, 1.165) is 25.7 Å². The molecule has 96 valence electrons. The van der Waals surface area contributed by atoms with E-state index in [0.29, 0.717) is 11.3 Å². The monoisotopic (exact) mass is 245 g/mol. The van der Waals surface area contributed by atoms with Crippen LogP contribution in [-0.4, -0.2) is 11.7 Å². The molecule has 0 bridgehead atoms. The summed E-state index contributed by atoms with van der Waals surface area (Å²) >= 11 is 0. The number of hydrogen-bond acceptors (Lipinski definition) is 2. The molecule has 1 amide bonds. The Morgan fingerprint density at radius 1 is 1.22 bits per heavy atom. The van der Waals surface area contributed by atoms with Crippen LogP contribution in [0.5, 0.6) is 0 Å². The van der Waals surface area contributed by atoms with Crippen LogP contribution in [0.4, 0.5) is 5.69 Å². The normalized spacial score (nSPS) is 17.7. The van der Waals surface area contributed by atoms with Crippen LogP contribution < -0.4 is 11.5 Å². The zero-order valence-electron chi connectivity index (χ0n) is 10.4. The van der Waals surface area contributed by atoms with E-state index in [2.05, 4.69) is 4.99 Å². The predicted molar refractivity (Wildman–Crippen MR) is 73.2 cm³/mol. The van der Waals surface area contributed by atoms with Crippen LogP contribution in [0.3, 0.4) is 0 Å². The molecule has 2 rings (SSSR count). The van der Waals surface area contributed by atoms with Gasteiger partial charge in [0.15, 0.2) is 0 Å². The van der Waals surface area contributed by atoms with Crippen LogP contribution in [-0.2, 0) is 4.79 Å². The van der Waals surface area contributed by atoms with Crippen molar-refractivity contribution in [2.24, 2.45) is 16.6 Å². The Morgan fingerprint density at radius 2 is 1.94 bits per heavy atom. The summed E-state index contributed by atoms with van der Waals surface area (Å²) in [5, 5.41) is 0. The molecule has 0 spiro atoms. The average molecular weight is 245 g/mol. The van der Waals surface area contributed by atoms with E-state index in [-0.39, 0.29) is 17.7 Å². The van der Waals surface area contributed by atoms with Gasteiger partial charge in [0.1, 0.15) is 5.84 Å². The number of aliphatic imine (C=N–C) groups is 1. The smallest absolute Gasteiger partial charge is 0.250 e. The standard InChI is InChI=1S/C14H19N3O/c15-12-8-4-7-11(9-12)13(16)17-14(18)10-5-2-1-3-6-10/h4,7-10H,1-3,5-6,15H2,(H2,16,17,18). The molecule has 0 saturated heterocycles. The minimum atomic E-state index is -0.0883. The first-order valence-electron chi connectivity index (χ1n) is 6.41. The molecular weight excluding hydrogens is 226 g/mol. The summed E-state index contributed by atoms with van der Waals surface area (Å²) in [6.45, 7) is 0. The van der Waals surface area contributed by atoms with Gasteiger partial charge in [-0.2, -0.15) is 4.99 Å². The maximum Gasteiger partial charge on any atom is 0.250 e. The quantitative estimate of drug-likeness (QED) is 0.475. The van der Waals surface area contributed by atoms with Crippen molar-refractivity contribution < 1.29 is 4.79 Å². The van der Waals surface area contributed by atoms with Gasteiger partial charge < -0.3 is 11.5 Å². The topological polar surface area (TPSA) is 81.5 Å². The zero-order valence-corrected chi connectivity index (χ0v) is 10.4. The summed E-state index contributed by atoms with van der Waals surface area (Å²) in [5.74, 6) is 0.228. The highest BCUT2D eigenvalue weighted by atomic mass is 16.1. The lowest BCUT2D eigenvalue weighted by molar-refractivity contribution is -0.122. The number of anilines is 1. The van der Waals surface area contributed by atoms with Gasteiger partial charge in [0.25, 0.3) is 5.91 Å². The molecule has 0 heterocycles. The molecule has 18 heavy (non-hydrogen) atoms. The number of amides is 1. The van der Waals surface area contributed by atoms with Crippen molar-refractivity contribution >= 4 is 17.4 Å². The molecule has 1 fully saturated rings. The molecule has 0 unspecified atom stereocenters. The second-order valence-electron chi connectivity index (χ2n) is 4.80. The second kappa shape index (κ2) is 5.67. The molecule has 1 aromatic carbocycles. The molecule has 0 atom stereocenters. The lowest BCUT2D eigenvalue weighted by Crippen LogP contribution is -2.21. The van der Waals surface area contributed by atoms with Crippen LogP contribution in [0.25, 0.3) is 0 Å². The Morgan fingerprint density at radius 3 is 2.61 bits per heavy atom. The molecule has 0 aliphatic heterocycles. The SMILES string of the molecule is NC(=NC(=O)C1CCCCC1)c1cccc(N)c1. The zero-order chi connectivity index (χ0) is 13.0. The van der Waals surface area contributed by atoms with Gasteiger partial charge in [-0.1, -0.05) is 31.4 Å². The fourth-order valence-corrected chi connectivity index (χ4v) is 2.32.